The number of aliphatic hydroxyl groups is 1. The van der Waals surface area contributed by atoms with E-state index in [1.165, 1.54) is 18.2 Å². The fourth-order valence-electron chi connectivity index (χ4n) is 4.57. The molecule has 3 N–H and O–H groups in total. The van der Waals surface area contributed by atoms with Gasteiger partial charge in [-0.1, -0.05) is 29.8 Å². The number of carbonyl (C=O) groups is 1. The Kier molecular flexibility index (Phi) is 5.95. The molecule has 8 heteroatoms. The van der Waals surface area contributed by atoms with Crippen molar-refractivity contribution < 1.29 is 23.4 Å². The first kappa shape index (κ1) is 21.0. The molecule has 5 rings (SSSR count). The smallest absolute Gasteiger partial charge is 0.258 e. The van der Waals surface area contributed by atoms with E-state index in [2.05, 4.69) is 10.6 Å². The normalized spacial score (nSPS) is 25.5. The van der Waals surface area contributed by atoms with E-state index >= 15 is 0 Å². The van der Waals surface area contributed by atoms with Crippen LogP contribution < -0.4 is 15.4 Å². The molecule has 0 aromatic heterocycles. The van der Waals surface area contributed by atoms with Gasteiger partial charge >= 0.3 is 0 Å². The third kappa shape index (κ3) is 4.29. The van der Waals surface area contributed by atoms with Crippen LogP contribution in [0, 0.1) is 23.0 Å². The Morgan fingerprint density at radius 3 is 2.70 bits per heavy atom. The summed E-state index contributed by atoms with van der Waals surface area (Å²) in [6.45, 7) is 0.00809. The molecule has 2 bridgehead atoms. The van der Waals surface area contributed by atoms with E-state index in [1.807, 2.05) is 0 Å². The van der Waals surface area contributed by atoms with Crippen LogP contribution >= 0.6 is 11.6 Å². The number of carbonyl (C=O) groups excluding carboxylic acids is 1. The summed E-state index contributed by atoms with van der Waals surface area (Å²) in [4.78, 5) is 12.2. The van der Waals surface area contributed by atoms with Gasteiger partial charge in [-0.25, -0.2) is 8.78 Å². The van der Waals surface area contributed by atoms with Crippen LogP contribution in [-0.4, -0.2) is 29.9 Å². The molecule has 3 saturated carbocycles. The number of rotatable bonds is 8. The van der Waals surface area contributed by atoms with E-state index in [0.29, 0.717) is 17.9 Å². The number of amides is 1. The fourth-order valence-corrected chi connectivity index (χ4v) is 4.69. The van der Waals surface area contributed by atoms with Crippen LogP contribution in [0.4, 0.5) is 8.78 Å². The topological polar surface area (TPSA) is 70.6 Å². The molecule has 0 spiro atoms. The molecule has 30 heavy (non-hydrogen) atoms. The molecule has 2 aromatic carbocycles. The van der Waals surface area contributed by atoms with Crippen molar-refractivity contribution in [1.29, 1.82) is 0 Å². The molecule has 0 heterocycles. The van der Waals surface area contributed by atoms with Gasteiger partial charge in [0.25, 0.3) is 5.91 Å². The lowest BCUT2D eigenvalue weighted by Crippen LogP contribution is -2.48. The predicted molar refractivity (Wildman–Crippen MR) is 108 cm³/mol. The average molecular weight is 437 g/mol. The highest BCUT2D eigenvalue weighted by atomic mass is 35.5. The number of hydrogen-bond donors (Lipinski definition) is 3. The lowest BCUT2D eigenvalue weighted by Gasteiger charge is -2.42. The lowest BCUT2D eigenvalue weighted by molar-refractivity contribution is -0.124. The molecule has 3 aliphatic carbocycles. The maximum absolute atomic E-state index is 13.8. The van der Waals surface area contributed by atoms with Crippen molar-refractivity contribution in [1.82, 2.24) is 10.6 Å². The lowest BCUT2D eigenvalue weighted by atomic mass is 9.68. The zero-order valence-electron chi connectivity index (χ0n) is 16.2. The van der Waals surface area contributed by atoms with Crippen LogP contribution in [0.2, 0.25) is 5.02 Å². The molecule has 2 aromatic rings. The van der Waals surface area contributed by atoms with Gasteiger partial charge in [0.2, 0.25) is 0 Å². The Morgan fingerprint density at radius 2 is 1.97 bits per heavy atom. The van der Waals surface area contributed by atoms with E-state index in [0.717, 1.165) is 18.9 Å². The van der Waals surface area contributed by atoms with Gasteiger partial charge in [0.1, 0.15) is 23.6 Å². The maximum atomic E-state index is 13.8. The van der Waals surface area contributed by atoms with Crippen LogP contribution in [0.5, 0.6) is 5.75 Å². The molecule has 0 saturated heterocycles. The summed E-state index contributed by atoms with van der Waals surface area (Å²) in [5.41, 5.74) is 0.191. The highest BCUT2D eigenvalue weighted by Gasteiger charge is 2.59. The molecule has 160 valence electrons. The molecule has 1 amide bonds. The average Bonchev–Trinajstić information content (AvgIpc) is 3.23. The van der Waals surface area contributed by atoms with Crippen molar-refractivity contribution in [2.24, 2.45) is 11.3 Å². The number of aliphatic hydroxyl groups excluding tert-OH is 1. The second-order valence-corrected chi connectivity index (χ2v) is 8.56. The van der Waals surface area contributed by atoms with E-state index in [1.54, 1.807) is 18.2 Å². The highest BCUT2D eigenvalue weighted by Crippen LogP contribution is 2.60. The first-order chi connectivity index (χ1) is 14.4. The summed E-state index contributed by atoms with van der Waals surface area (Å²) < 4.78 is 32.5. The summed E-state index contributed by atoms with van der Waals surface area (Å²) in [6.07, 6.45) is 1.47. The number of halogens is 3. The quantitative estimate of drug-likeness (QED) is 0.555. The number of benzene rings is 2. The number of fused-ring (bicyclic) bond motifs is 1. The van der Waals surface area contributed by atoms with E-state index in [9.17, 15) is 18.7 Å². The van der Waals surface area contributed by atoms with Crippen molar-refractivity contribution in [2.75, 3.05) is 6.61 Å². The summed E-state index contributed by atoms with van der Waals surface area (Å²) in [5, 5.41) is 16.6. The first-order valence-electron chi connectivity index (χ1n) is 9.88. The Morgan fingerprint density at radius 1 is 1.20 bits per heavy atom. The van der Waals surface area contributed by atoms with Gasteiger partial charge in [-0.2, -0.15) is 0 Å². The van der Waals surface area contributed by atoms with Crippen LogP contribution in [0.15, 0.2) is 42.5 Å². The minimum atomic E-state index is -0.774. The molecule has 3 fully saturated rings. The monoisotopic (exact) mass is 436 g/mol. The SMILES string of the molecule is O=C(COc1ccc(Cl)c(F)c1)N[C@H]1CC2(C(O)NCc3ccccc3F)CC1C2. The predicted octanol–water partition coefficient (Wildman–Crippen LogP) is 3.39. The summed E-state index contributed by atoms with van der Waals surface area (Å²) in [7, 11) is 0. The van der Waals surface area contributed by atoms with Gasteiger partial charge < -0.3 is 15.2 Å². The van der Waals surface area contributed by atoms with Gasteiger partial charge in [-0.15, -0.1) is 0 Å². The Hall–Kier alpha value is -2.22. The second kappa shape index (κ2) is 8.49. The van der Waals surface area contributed by atoms with Gasteiger partial charge in [-0.05, 0) is 43.4 Å². The largest absolute Gasteiger partial charge is 0.484 e. The zero-order chi connectivity index (χ0) is 21.3. The second-order valence-electron chi connectivity index (χ2n) is 8.15. The molecule has 0 aliphatic heterocycles. The zero-order valence-corrected chi connectivity index (χ0v) is 17.0. The molecule has 1 unspecified atom stereocenters. The van der Waals surface area contributed by atoms with Crippen LogP contribution in [0.3, 0.4) is 0 Å². The van der Waals surface area contributed by atoms with Gasteiger partial charge in [0, 0.05) is 29.6 Å². The number of ether oxygens (including phenoxy) is 1. The summed E-state index contributed by atoms with van der Waals surface area (Å²) in [5.74, 6) is -0.686. The molecule has 2 atom stereocenters. The van der Waals surface area contributed by atoms with Crippen molar-refractivity contribution in [3.63, 3.8) is 0 Å². The van der Waals surface area contributed by atoms with E-state index in [-0.39, 0.29) is 47.1 Å². The van der Waals surface area contributed by atoms with Crippen molar-refractivity contribution >= 4 is 17.5 Å². The molecule has 3 aliphatic rings. The minimum absolute atomic E-state index is 0.00926. The van der Waals surface area contributed by atoms with Crippen molar-refractivity contribution in [3.05, 3.63) is 64.7 Å². The Balaban J connectivity index is 1.25. The Labute approximate surface area is 178 Å². The van der Waals surface area contributed by atoms with E-state index in [4.69, 9.17) is 16.3 Å². The van der Waals surface area contributed by atoms with Crippen LogP contribution in [0.1, 0.15) is 24.8 Å². The number of hydrogen-bond acceptors (Lipinski definition) is 4. The highest BCUT2D eigenvalue weighted by molar-refractivity contribution is 6.30. The van der Waals surface area contributed by atoms with Gasteiger partial charge in [-0.3, -0.25) is 10.1 Å². The van der Waals surface area contributed by atoms with Crippen molar-refractivity contribution in [2.45, 2.75) is 38.1 Å². The fraction of sp³-hybridized carbons (Fsp3) is 0.409. The maximum Gasteiger partial charge on any atom is 0.258 e. The molecular formula is C22H23ClF2N2O3. The minimum Gasteiger partial charge on any atom is -0.484 e. The number of nitrogens with one attached hydrogen (secondary N) is 2. The third-order valence-corrected chi connectivity index (χ3v) is 6.47. The summed E-state index contributed by atoms with van der Waals surface area (Å²) in [6, 6.07) is 10.4. The third-order valence-electron chi connectivity index (χ3n) is 6.16. The standard InChI is InChI=1S/C22H23ClF2N2O3/c23-16-6-5-15(7-18(16)25)30-12-20(28)27-19-10-22(8-14(19)9-22)21(29)26-11-13-3-1-2-4-17(13)24/h1-7,14,19,21,26,29H,8-12H2,(H,27,28)/t14?,19-,21?,22?/m0/s1. The van der Waals surface area contributed by atoms with Crippen LogP contribution in [-0.2, 0) is 11.3 Å². The van der Waals surface area contributed by atoms with Crippen molar-refractivity contribution in [3.8, 4) is 5.75 Å². The molecule has 5 nitrogen and oxygen atoms in total. The molecular weight excluding hydrogens is 414 g/mol. The molecule has 0 radical (unpaired) electrons. The van der Waals surface area contributed by atoms with E-state index < -0.39 is 12.0 Å². The van der Waals surface area contributed by atoms with Crippen LogP contribution in [0.25, 0.3) is 0 Å². The summed E-state index contributed by atoms with van der Waals surface area (Å²) >= 11 is 5.63. The van der Waals surface area contributed by atoms with Gasteiger partial charge in [0.15, 0.2) is 6.61 Å². The first-order valence-corrected chi connectivity index (χ1v) is 10.3. The Bertz CT molecular complexity index is 936. The van der Waals surface area contributed by atoms with Gasteiger partial charge in [0.05, 0.1) is 5.02 Å².